The van der Waals surface area contributed by atoms with Crippen molar-refractivity contribution in [2.24, 2.45) is 11.8 Å². The van der Waals surface area contributed by atoms with Gasteiger partial charge < -0.3 is 29.9 Å². The predicted octanol–water partition coefficient (Wildman–Crippen LogP) is 1.83. The van der Waals surface area contributed by atoms with Crippen molar-refractivity contribution in [3.63, 3.8) is 0 Å². The van der Waals surface area contributed by atoms with Crippen molar-refractivity contribution in [1.29, 1.82) is 0 Å². The van der Waals surface area contributed by atoms with Crippen LogP contribution in [0.15, 0.2) is 12.2 Å². The van der Waals surface area contributed by atoms with Gasteiger partial charge in [0.1, 0.15) is 12.4 Å². The Labute approximate surface area is 202 Å². The molecule has 6 atom stereocenters. The summed E-state index contributed by atoms with van der Waals surface area (Å²) < 4.78 is 9.76. The van der Waals surface area contributed by atoms with Crippen LogP contribution in [0.3, 0.4) is 0 Å². The smallest absolute Gasteiger partial charge is 0.306 e. The quantitative estimate of drug-likeness (QED) is 0.137. The van der Waals surface area contributed by atoms with Crippen LogP contribution in [0.5, 0.6) is 0 Å². The predicted molar refractivity (Wildman–Crippen MR) is 125 cm³/mol. The number of carbonyl (C=O) groups excluding carboxylic acids is 3. The van der Waals surface area contributed by atoms with E-state index in [9.17, 15) is 34.8 Å². The number of unbranched alkanes of at least 4 members (excludes halogenated alkanes) is 3. The molecule has 4 N–H and O–H groups in total. The molecule has 0 heterocycles. The van der Waals surface area contributed by atoms with E-state index in [-0.39, 0.29) is 44.0 Å². The van der Waals surface area contributed by atoms with E-state index in [0.29, 0.717) is 19.3 Å². The first kappa shape index (κ1) is 30.2. The molecule has 9 heteroatoms. The minimum Gasteiger partial charge on any atom is -0.462 e. The van der Waals surface area contributed by atoms with Gasteiger partial charge in [-0.2, -0.15) is 0 Å². The number of carbonyl (C=O) groups is 3. The minimum absolute atomic E-state index is 0.0588. The molecule has 0 aliphatic heterocycles. The third kappa shape index (κ3) is 12.1. The Morgan fingerprint density at radius 1 is 1.06 bits per heavy atom. The van der Waals surface area contributed by atoms with Crippen molar-refractivity contribution in [2.75, 3.05) is 13.2 Å². The van der Waals surface area contributed by atoms with Gasteiger partial charge in [-0.3, -0.25) is 14.4 Å². The summed E-state index contributed by atoms with van der Waals surface area (Å²) >= 11 is 0. The van der Waals surface area contributed by atoms with E-state index >= 15 is 0 Å². The second-order valence-corrected chi connectivity index (χ2v) is 9.11. The Balaban J connectivity index is 2.40. The first-order valence-corrected chi connectivity index (χ1v) is 12.4. The fourth-order valence-corrected chi connectivity index (χ4v) is 4.16. The van der Waals surface area contributed by atoms with Crippen LogP contribution >= 0.6 is 0 Å². The fourth-order valence-electron chi connectivity index (χ4n) is 4.16. The lowest BCUT2D eigenvalue weighted by Gasteiger charge is -2.20. The van der Waals surface area contributed by atoms with E-state index in [1.807, 2.05) is 0 Å². The molecule has 0 unspecified atom stereocenters. The number of hydrogen-bond acceptors (Lipinski definition) is 9. The van der Waals surface area contributed by atoms with E-state index in [4.69, 9.17) is 9.47 Å². The number of aliphatic hydroxyl groups is 4. The van der Waals surface area contributed by atoms with Crippen LogP contribution in [-0.2, 0) is 23.9 Å². The Hall–Kier alpha value is -1.81. The number of hydrogen-bond donors (Lipinski definition) is 4. The van der Waals surface area contributed by atoms with Gasteiger partial charge in [-0.15, -0.1) is 0 Å². The van der Waals surface area contributed by atoms with Gasteiger partial charge in [0.05, 0.1) is 24.9 Å². The molecule has 1 aliphatic carbocycles. The fraction of sp³-hybridized carbons (Fsp3) is 0.800. The molecule has 1 rings (SSSR count). The van der Waals surface area contributed by atoms with E-state index in [0.717, 1.165) is 19.3 Å². The molecule has 0 bridgehead atoms. The van der Waals surface area contributed by atoms with E-state index < -0.39 is 48.9 Å². The molecule has 1 aliphatic rings. The molecule has 1 saturated carbocycles. The third-order valence-corrected chi connectivity index (χ3v) is 6.10. The van der Waals surface area contributed by atoms with Crippen LogP contribution in [-0.4, -0.2) is 75.8 Å². The highest BCUT2D eigenvalue weighted by Gasteiger charge is 2.41. The first-order valence-electron chi connectivity index (χ1n) is 12.4. The van der Waals surface area contributed by atoms with Gasteiger partial charge in [0.25, 0.3) is 0 Å². The largest absolute Gasteiger partial charge is 0.462 e. The van der Waals surface area contributed by atoms with Gasteiger partial charge in [-0.25, -0.2) is 0 Å². The number of ether oxygens (including phenoxy) is 2. The average Bonchev–Trinajstić information content (AvgIpc) is 3.04. The molecule has 0 aromatic rings. The molecule has 9 nitrogen and oxygen atoms in total. The van der Waals surface area contributed by atoms with E-state index in [1.54, 1.807) is 12.2 Å². The third-order valence-electron chi connectivity index (χ3n) is 6.10. The zero-order chi connectivity index (χ0) is 25.5. The van der Waals surface area contributed by atoms with E-state index in [2.05, 4.69) is 6.92 Å². The number of rotatable bonds is 17. The maximum Gasteiger partial charge on any atom is 0.306 e. The van der Waals surface area contributed by atoms with Gasteiger partial charge in [0, 0.05) is 44.4 Å². The Morgan fingerprint density at radius 3 is 2.41 bits per heavy atom. The molecule has 0 amide bonds. The highest BCUT2D eigenvalue weighted by atomic mass is 16.6. The Kier molecular flexibility index (Phi) is 14.9. The molecule has 1 fully saturated rings. The molecule has 196 valence electrons. The summed E-state index contributed by atoms with van der Waals surface area (Å²) in [5.41, 5.74) is 0. The zero-order valence-electron chi connectivity index (χ0n) is 20.4. The summed E-state index contributed by atoms with van der Waals surface area (Å²) in [6.45, 7) is 2.64. The normalized spacial score (nSPS) is 24.2. The molecular weight excluding hydrogens is 444 g/mol. The Bertz CT molecular complexity index is 648. The van der Waals surface area contributed by atoms with Gasteiger partial charge in [-0.1, -0.05) is 38.3 Å². The SMILES string of the molecule is CCCCC[C@H](O)/C=C/[C@@H]1[C@@H](CC(=O)CCCCC(=O)O[C@@H](CO)COC(C)=O)[C@@H](O)C[C@H]1O. The van der Waals surface area contributed by atoms with Crippen LogP contribution in [0, 0.1) is 11.8 Å². The van der Waals surface area contributed by atoms with Crippen LogP contribution in [0.2, 0.25) is 0 Å². The maximum absolute atomic E-state index is 12.5. The molecule has 0 aromatic carbocycles. The van der Waals surface area contributed by atoms with Gasteiger partial charge in [0.15, 0.2) is 6.10 Å². The van der Waals surface area contributed by atoms with Gasteiger partial charge in [0.2, 0.25) is 0 Å². The summed E-state index contributed by atoms with van der Waals surface area (Å²) in [5, 5.41) is 39.9. The summed E-state index contributed by atoms with van der Waals surface area (Å²) in [7, 11) is 0. The van der Waals surface area contributed by atoms with Crippen molar-refractivity contribution in [1.82, 2.24) is 0 Å². The summed E-state index contributed by atoms with van der Waals surface area (Å²) in [4.78, 5) is 35.1. The monoisotopic (exact) mass is 486 g/mol. The highest BCUT2D eigenvalue weighted by molar-refractivity contribution is 5.79. The minimum atomic E-state index is -0.913. The molecular formula is C25H42O9. The van der Waals surface area contributed by atoms with Crippen LogP contribution < -0.4 is 0 Å². The van der Waals surface area contributed by atoms with Crippen molar-refractivity contribution >= 4 is 17.7 Å². The topological polar surface area (TPSA) is 151 Å². The van der Waals surface area contributed by atoms with Gasteiger partial charge in [-0.05, 0) is 19.3 Å². The second kappa shape index (κ2) is 16.8. The molecule has 0 radical (unpaired) electrons. The number of ketones is 1. The molecule has 0 aromatic heterocycles. The van der Waals surface area contributed by atoms with Crippen LogP contribution in [0.1, 0.15) is 78.1 Å². The van der Waals surface area contributed by atoms with Crippen molar-refractivity contribution in [3.05, 3.63) is 12.2 Å². The summed E-state index contributed by atoms with van der Waals surface area (Å²) in [6.07, 6.45) is 5.50. The van der Waals surface area contributed by atoms with Crippen molar-refractivity contribution < 1.29 is 44.3 Å². The number of Topliss-reactive ketones (excluding diaryl/α,β-unsaturated/α-hetero) is 1. The average molecular weight is 487 g/mol. The summed E-state index contributed by atoms with van der Waals surface area (Å²) in [5.74, 6) is -1.93. The van der Waals surface area contributed by atoms with Crippen LogP contribution in [0.25, 0.3) is 0 Å². The van der Waals surface area contributed by atoms with Crippen molar-refractivity contribution in [2.45, 2.75) is 102 Å². The van der Waals surface area contributed by atoms with Crippen LogP contribution in [0.4, 0.5) is 0 Å². The molecule has 0 spiro atoms. The van der Waals surface area contributed by atoms with E-state index in [1.165, 1.54) is 6.92 Å². The molecule has 0 saturated heterocycles. The number of aliphatic hydroxyl groups excluding tert-OH is 4. The lowest BCUT2D eigenvalue weighted by atomic mass is 9.87. The van der Waals surface area contributed by atoms with Gasteiger partial charge >= 0.3 is 11.9 Å². The Morgan fingerprint density at radius 2 is 1.76 bits per heavy atom. The second-order valence-electron chi connectivity index (χ2n) is 9.11. The number of esters is 2. The lowest BCUT2D eigenvalue weighted by molar-refractivity contribution is -0.160. The maximum atomic E-state index is 12.5. The van der Waals surface area contributed by atoms with Crippen molar-refractivity contribution in [3.8, 4) is 0 Å². The first-order chi connectivity index (χ1) is 16.2. The lowest BCUT2D eigenvalue weighted by Crippen LogP contribution is -2.28. The highest BCUT2D eigenvalue weighted by Crippen LogP contribution is 2.36. The molecule has 34 heavy (non-hydrogen) atoms. The summed E-state index contributed by atoms with van der Waals surface area (Å²) in [6, 6.07) is 0. The zero-order valence-corrected chi connectivity index (χ0v) is 20.4. The standard InChI is InChI=1S/C25H42O9/c1-3-4-5-8-18(28)11-12-21-22(24(31)14-23(21)30)13-19(29)9-6-7-10-25(32)34-20(15-26)16-33-17(2)27/h11-12,18,20-24,26,28,30-31H,3-10,13-16H2,1-2H3/b12-11+/t18-,20-,21+,22+,23+,24-/m0/s1.